The lowest BCUT2D eigenvalue weighted by atomic mass is 9.90. The fourth-order valence-corrected chi connectivity index (χ4v) is 1.60. The highest BCUT2D eigenvalue weighted by atomic mass is 15.2. The van der Waals surface area contributed by atoms with Gasteiger partial charge in [-0.05, 0) is 34.1 Å². The van der Waals surface area contributed by atoms with Crippen LogP contribution in [0, 0.1) is 0 Å². The summed E-state index contributed by atoms with van der Waals surface area (Å²) in [6.07, 6.45) is 1.06. The van der Waals surface area contributed by atoms with E-state index in [4.69, 9.17) is 5.73 Å². The molecule has 2 heteroatoms. The van der Waals surface area contributed by atoms with Crippen LogP contribution in [0.2, 0.25) is 0 Å². The van der Waals surface area contributed by atoms with Crippen LogP contribution in [0.25, 0.3) is 0 Å². The minimum absolute atomic E-state index is 0.0352. The van der Waals surface area contributed by atoms with Crippen molar-refractivity contribution in [2.24, 2.45) is 5.73 Å². The molecule has 1 aliphatic rings. The number of nitrogens with two attached hydrogens (primary N) is 1. The summed E-state index contributed by atoms with van der Waals surface area (Å²) in [7, 11) is 0. The summed E-state index contributed by atoms with van der Waals surface area (Å²) in [5.74, 6) is 0. The number of hydrogen-bond donors (Lipinski definition) is 2. The van der Waals surface area contributed by atoms with Gasteiger partial charge in [0, 0.05) is 17.1 Å². The zero-order chi connectivity index (χ0) is 7.99. The zero-order valence-corrected chi connectivity index (χ0v) is 7.36. The predicted molar refractivity (Wildman–Crippen MR) is 43.9 cm³/mol. The van der Waals surface area contributed by atoms with E-state index in [9.17, 15) is 0 Å². The molecular formula is C8H18N2. The van der Waals surface area contributed by atoms with Crippen molar-refractivity contribution in [2.45, 2.75) is 51.2 Å². The van der Waals surface area contributed by atoms with Crippen molar-refractivity contribution in [3.8, 4) is 0 Å². The van der Waals surface area contributed by atoms with Crippen molar-refractivity contribution in [1.29, 1.82) is 0 Å². The predicted octanol–water partition coefficient (Wildman–Crippen LogP) is 0.864. The molecule has 0 aromatic heterocycles. The number of hydrogen-bond acceptors (Lipinski definition) is 2. The molecule has 1 heterocycles. The first-order valence-corrected chi connectivity index (χ1v) is 3.90. The third-order valence-corrected chi connectivity index (χ3v) is 2.24. The molecular weight excluding hydrogens is 124 g/mol. The van der Waals surface area contributed by atoms with Crippen molar-refractivity contribution >= 4 is 0 Å². The van der Waals surface area contributed by atoms with E-state index in [-0.39, 0.29) is 5.54 Å². The van der Waals surface area contributed by atoms with Crippen LogP contribution in [-0.2, 0) is 0 Å². The van der Waals surface area contributed by atoms with Crippen molar-refractivity contribution in [3.05, 3.63) is 0 Å². The monoisotopic (exact) mass is 142 g/mol. The maximum atomic E-state index is 5.88. The maximum absolute atomic E-state index is 5.88. The average Bonchev–Trinajstić information content (AvgIpc) is 2.05. The normalized spacial score (nSPS) is 39.9. The Morgan fingerprint density at radius 1 is 1.60 bits per heavy atom. The topological polar surface area (TPSA) is 48.0 Å². The lowest BCUT2D eigenvalue weighted by molar-refractivity contribution is 0.411. The smallest absolute Gasteiger partial charge is 0.0324 e. The minimum atomic E-state index is -0.0352. The fraction of sp³-hybridized carbons (Fsp3) is 1.00. The van der Waals surface area contributed by atoms with E-state index in [1.165, 1.54) is 0 Å². The van der Waals surface area contributed by atoms with Crippen LogP contribution in [0.15, 0.2) is 0 Å². The standard InChI is InChI=1S/C8H18N2/c1-6-8(4,10-6)5-7(2,3)9/h6,10H,5,9H2,1-4H3. The highest BCUT2D eigenvalue weighted by molar-refractivity contribution is 5.11. The van der Waals surface area contributed by atoms with Gasteiger partial charge in [-0.2, -0.15) is 0 Å². The van der Waals surface area contributed by atoms with Gasteiger partial charge in [0.25, 0.3) is 0 Å². The second-order valence-corrected chi connectivity index (χ2v) is 4.45. The van der Waals surface area contributed by atoms with Gasteiger partial charge in [0.2, 0.25) is 0 Å². The number of nitrogens with one attached hydrogen (secondary N) is 1. The van der Waals surface area contributed by atoms with Crippen molar-refractivity contribution in [2.75, 3.05) is 0 Å². The van der Waals surface area contributed by atoms with E-state index in [0.29, 0.717) is 11.6 Å². The molecule has 1 aliphatic heterocycles. The molecule has 60 valence electrons. The second kappa shape index (κ2) is 1.95. The first-order chi connectivity index (χ1) is 4.33. The van der Waals surface area contributed by atoms with Crippen LogP contribution in [0.4, 0.5) is 0 Å². The lowest BCUT2D eigenvalue weighted by Gasteiger charge is -2.22. The van der Waals surface area contributed by atoms with Crippen LogP contribution in [-0.4, -0.2) is 17.1 Å². The van der Waals surface area contributed by atoms with Gasteiger partial charge in [0.1, 0.15) is 0 Å². The molecule has 2 atom stereocenters. The van der Waals surface area contributed by atoms with Gasteiger partial charge in [-0.3, -0.25) is 0 Å². The first kappa shape index (κ1) is 8.02. The summed E-state index contributed by atoms with van der Waals surface area (Å²) in [5.41, 5.74) is 6.17. The van der Waals surface area contributed by atoms with Crippen molar-refractivity contribution in [1.82, 2.24) is 5.32 Å². The molecule has 0 spiro atoms. The maximum Gasteiger partial charge on any atom is 0.0324 e. The largest absolute Gasteiger partial charge is 0.325 e. The molecule has 1 rings (SSSR count). The van der Waals surface area contributed by atoms with E-state index < -0.39 is 0 Å². The molecule has 0 aromatic carbocycles. The molecule has 0 amide bonds. The third kappa shape index (κ3) is 1.70. The molecule has 1 fully saturated rings. The zero-order valence-electron chi connectivity index (χ0n) is 7.36. The van der Waals surface area contributed by atoms with Crippen LogP contribution < -0.4 is 11.1 Å². The summed E-state index contributed by atoms with van der Waals surface area (Å²) in [4.78, 5) is 0. The summed E-state index contributed by atoms with van der Waals surface area (Å²) < 4.78 is 0. The van der Waals surface area contributed by atoms with Crippen molar-refractivity contribution in [3.63, 3.8) is 0 Å². The Balaban J connectivity index is 2.41. The molecule has 0 radical (unpaired) electrons. The Labute approximate surface area is 63.2 Å². The molecule has 2 unspecified atom stereocenters. The van der Waals surface area contributed by atoms with Gasteiger partial charge in [-0.25, -0.2) is 0 Å². The van der Waals surface area contributed by atoms with Gasteiger partial charge in [0.05, 0.1) is 0 Å². The van der Waals surface area contributed by atoms with E-state index in [1.807, 2.05) is 0 Å². The van der Waals surface area contributed by atoms with E-state index in [2.05, 4.69) is 33.0 Å². The molecule has 0 aliphatic carbocycles. The molecule has 3 N–H and O–H groups in total. The van der Waals surface area contributed by atoms with Crippen LogP contribution in [0.1, 0.15) is 34.1 Å². The Morgan fingerprint density at radius 2 is 2.00 bits per heavy atom. The van der Waals surface area contributed by atoms with E-state index in [1.54, 1.807) is 0 Å². The van der Waals surface area contributed by atoms with Crippen LogP contribution in [0.5, 0.6) is 0 Å². The van der Waals surface area contributed by atoms with Gasteiger partial charge in [-0.15, -0.1) is 0 Å². The number of rotatable bonds is 2. The Morgan fingerprint density at radius 3 is 2.10 bits per heavy atom. The van der Waals surface area contributed by atoms with Crippen LogP contribution in [0.3, 0.4) is 0 Å². The molecule has 0 bridgehead atoms. The Bertz CT molecular complexity index is 137. The summed E-state index contributed by atoms with van der Waals surface area (Å²) in [5, 5.41) is 3.38. The molecule has 10 heavy (non-hydrogen) atoms. The summed E-state index contributed by atoms with van der Waals surface area (Å²) in [6, 6.07) is 0.648. The SMILES string of the molecule is CC1NC1(C)CC(C)(C)N. The highest BCUT2D eigenvalue weighted by Crippen LogP contribution is 2.32. The first-order valence-electron chi connectivity index (χ1n) is 3.90. The Hall–Kier alpha value is -0.0800. The van der Waals surface area contributed by atoms with Gasteiger partial charge >= 0.3 is 0 Å². The quantitative estimate of drug-likeness (QED) is 0.562. The highest BCUT2D eigenvalue weighted by Gasteiger charge is 2.47. The molecule has 0 aromatic rings. The van der Waals surface area contributed by atoms with Gasteiger partial charge in [0.15, 0.2) is 0 Å². The second-order valence-electron chi connectivity index (χ2n) is 4.45. The van der Waals surface area contributed by atoms with E-state index in [0.717, 1.165) is 6.42 Å². The Kier molecular flexibility index (Phi) is 1.57. The molecule has 2 nitrogen and oxygen atoms in total. The summed E-state index contributed by atoms with van der Waals surface area (Å²) in [6.45, 7) is 8.58. The van der Waals surface area contributed by atoms with E-state index >= 15 is 0 Å². The molecule has 0 saturated carbocycles. The average molecular weight is 142 g/mol. The minimum Gasteiger partial charge on any atom is -0.325 e. The lowest BCUT2D eigenvalue weighted by Crippen LogP contribution is -2.38. The third-order valence-electron chi connectivity index (χ3n) is 2.24. The van der Waals surface area contributed by atoms with Gasteiger partial charge in [-0.1, -0.05) is 0 Å². The van der Waals surface area contributed by atoms with Crippen molar-refractivity contribution < 1.29 is 0 Å². The van der Waals surface area contributed by atoms with Gasteiger partial charge < -0.3 is 11.1 Å². The molecule has 1 saturated heterocycles. The summed E-state index contributed by atoms with van der Waals surface area (Å²) >= 11 is 0. The fourth-order valence-electron chi connectivity index (χ4n) is 1.60. The van der Waals surface area contributed by atoms with Crippen LogP contribution >= 0.6 is 0 Å².